The average molecular weight is 520 g/mol. The number of hydrogen-bond donors (Lipinski definition) is 3. The molecule has 210 valence electrons. The van der Waals surface area contributed by atoms with Crippen LogP contribution in [-0.4, -0.2) is 58.8 Å². The molecule has 3 N–H and O–H groups in total. The summed E-state index contributed by atoms with van der Waals surface area (Å²) in [7, 11) is 0. The molecule has 0 aliphatic carbocycles. The van der Waals surface area contributed by atoms with Gasteiger partial charge >= 0.3 is 6.09 Å². The largest absolute Gasteiger partial charge is 0.444 e. The SMILES string of the molecule is CCCCNC(=O)C(c1ccc(C)c(C)c1)N(C(=O)C(CO)NC(=O)OC(C)(C)C)C(C)CCC(C)C. The lowest BCUT2D eigenvalue weighted by Gasteiger charge is -2.38. The number of carbonyl (C=O) groups excluding carboxylic acids is 3. The zero-order chi connectivity index (χ0) is 28.3. The van der Waals surface area contributed by atoms with E-state index in [1.807, 2.05) is 45.9 Å². The Balaban J connectivity index is 3.53. The van der Waals surface area contributed by atoms with Crippen LogP contribution in [0.2, 0.25) is 0 Å². The van der Waals surface area contributed by atoms with E-state index in [9.17, 15) is 19.5 Å². The van der Waals surface area contributed by atoms with Crippen LogP contribution in [0.3, 0.4) is 0 Å². The van der Waals surface area contributed by atoms with Crippen molar-refractivity contribution in [3.63, 3.8) is 0 Å². The molecule has 3 unspecified atom stereocenters. The second-order valence-electron chi connectivity index (χ2n) is 11.3. The fraction of sp³-hybridized carbons (Fsp3) is 0.690. The maximum absolute atomic E-state index is 14.0. The van der Waals surface area contributed by atoms with E-state index in [-0.39, 0.29) is 11.9 Å². The molecule has 37 heavy (non-hydrogen) atoms. The highest BCUT2D eigenvalue weighted by Gasteiger charge is 2.38. The summed E-state index contributed by atoms with van der Waals surface area (Å²) in [5.41, 5.74) is 2.02. The molecule has 1 rings (SSSR count). The minimum atomic E-state index is -1.26. The van der Waals surface area contributed by atoms with Gasteiger partial charge < -0.3 is 25.4 Å². The molecule has 1 aromatic carbocycles. The van der Waals surface area contributed by atoms with Gasteiger partial charge in [0.25, 0.3) is 0 Å². The molecule has 0 bridgehead atoms. The Morgan fingerprint density at radius 3 is 2.22 bits per heavy atom. The van der Waals surface area contributed by atoms with E-state index in [1.54, 1.807) is 20.8 Å². The first-order valence-electron chi connectivity index (χ1n) is 13.5. The standard InChI is InChI=1S/C29H49N3O5/c1-10-11-16-30-26(34)25(23-15-13-20(4)21(5)17-23)32(22(6)14-12-19(2)3)27(35)24(18-33)31-28(36)37-29(7,8)9/h13,15,17,19,22,24-25,33H,10-12,14,16,18H2,1-9H3,(H,30,34)(H,31,36). The van der Waals surface area contributed by atoms with Crippen molar-refractivity contribution in [1.29, 1.82) is 0 Å². The highest BCUT2D eigenvalue weighted by atomic mass is 16.6. The summed E-state index contributed by atoms with van der Waals surface area (Å²) in [5.74, 6) is -0.403. The van der Waals surface area contributed by atoms with Gasteiger partial charge in [-0.15, -0.1) is 0 Å². The van der Waals surface area contributed by atoms with E-state index in [4.69, 9.17) is 4.74 Å². The maximum atomic E-state index is 14.0. The van der Waals surface area contributed by atoms with Crippen molar-refractivity contribution in [2.24, 2.45) is 5.92 Å². The van der Waals surface area contributed by atoms with Gasteiger partial charge in [0.1, 0.15) is 17.7 Å². The van der Waals surface area contributed by atoms with Crippen molar-refractivity contribution >= 4 is 17.9 Å². The zero-order valence-electron chi connectivity index (χ0n) is 24.3. The van der Waals surface area contributed by atoms with Crippen LogP contribution in [0.5, 0.6) is 0 Å². The van der Waals surface area contributed by atoms with Gasteiger partial charge in [-0.1, -0.05) is 45.4 Å². The molecule has 8 nitrogen and oxygen atoms in total. The van der Waals surface area contributed by atoms with Crippen molar-refractivity contribution in [2.45, 2.75) is 112 Å². The number of aliphatic hydroxyl groups is 1. The van der Waals surface area contributed by atoms with Gasteiger partial charge in [-0.3, -0.25) is 9.59 Å². The fourth-order valence-electron chi connectivity index (χ4n) is 3.99. The van der Waals surface area contributed by atoms with Crippen LogP contribution < -0.4 is 10.6 Å². The molecule has 0 fully saturated rings. The van der Waals surface area contributed by atoms with E-state index in [2.05, 4.69) is 24.5 Å². The topological polar surface area (TPSA) is 108 Å². The molecule has 8 heteroatoms. The number of nitrogens with zero attached hydrogens (tertiary/aromatic N) is 1. The van der Waals surface area contributed by atoms with Crippen molar-refractivity contribution in [3.05, 3.63) is 34.9 Å². The van der Waals surface area contributed by atoms with Crippen LogP contribution in [0.4, 0.5) is 4.79 Å². The molecule has 0 aliphatic heterocycles. The summed E-state index contributed by atoms with van der Waals surface area (Å²) in [6.45, 7) is 17.2. The Bertz CT molecular complexity index is 894. The summed E-state index contributed by atoms with van der Waals surface area (Å²) in [6, 6.07) is 3.25. The number of hydrogen-bond acceptors (Lipinski definition) is 5. The number of ether oxygens (including phenoxy) is 1. The molecule has 0 saturated carbocycles. The smallest absolute Gasteiger partial charge is 0.408 e. The average Bonchev–Trinajstić information content (AvgIpc) is 2.79. The number of benzene rings is 1. The summed E-state index contributed by atoms with van der Waals surface area (Å²) >= 11 is 0. The molecule has 0 radical (unpaired) electrons. The molecule has 0 aromatic heterocycles. The quantitative estimate of drug-likeness (QED) is 0.325. The Labute approximate surface area is 223 Å². The number of aryl methyl sites for hydroxylation is 2. The first-order valence-corrected chi connectivity index (χ1v) is 13.5. The number of aliphatic hydroxyl groups excluding tert-OH is 1. The lowest BCUT2D eigenvalue weighted by atomic mass is 9.95. The first-order chi connectivity index (χ1) is 17.2. The van der Waals surface area contributed by atoms with Crippen molar-refractivity contribution in [1.82, 2.24) is 15.5 Å². The molecule has 3 amide bonds. The number of carbonyl (C=O) groups is 3. The Morgan fingerprint density at radius 2 is 1.70 bits per heavy atom. The minimum Gasteiger partial charge on any atom is -0.444 e. The second kappa shape index (κ2) is 15.0. The van der Waals surface area contributed by atoms with Gasteiger partial charge in [-0.25, -0.2) is 4.79 Å². The molecular weight excluding hydrogens is 470 g/mol. The van der Waals surface area contributed by atoms with E-state index in [0.29, 0.717) is 24.4 Å². The highest BCUT2D eigenvalue weighted by molar-refractivity contribution is 5.92. The second-order valence-corrected chi connectivity index (χ2v) is 11.3. The molecule has 3 atom stereocenters. The van der Waals surface area contributed by atoms with Gasteiger partial charge in [0.15, 0.2) is 0 Å². The molecule has 0 aliphatic rings. The normalized spacial score (nSPS) is 14.0. The zero-order valence-corrected chi connectivity index (χ0v) is 24.3. The Hall–Kier alpha value is -2.61. The molecule has 0 spiro atoms. The van der Waals surface area contributed by atoms with Crippen LogP contribution in [0.15, 0.2) is 18.2 Å². The summed E-state index contributed by atoms with van der Waals surface area (Å²) in [5, 5.41) is 15.6. The molecule has 0 saturated heterocycles. The predicted molar refractivity (Wildman–Crippen MR) is 147 cm³/mol. The van der Waals surface area contributed by atoms with Crippen LogP contribution in [0.25, 0.3) is 0 Å². The third-order valence-corrected chi connectivity index (χ3v) is 6.27. The number of nitrogens with one attached hydrogen (secondary N) is 2. The van der Waals surface area contributed by atoms with E-state index >= 15 is 0 Å². The van der Waals surface area contributed by atoms with Crippen molar-refractivity contribution < 1.29 is 24.2 Å². The van der Waals surface area contributed by atoms with Gasteiger partial charge in [0.05, 0.1) is 6.61 Å². The van der Waals surface area contributed by atoms with E-state index in [0.717, 1.165) is 30.4 Å². The Kier molecular flexibility index (Phi) is 13.1. The van der Waals surface area contributed by atoms with Crippen LogP contribution in [-0.2, 0) is 14.3 Å². The van der Waals surface area contributed by atoms with E-state index in [1.165, 1.54) is 4.90 Å². The third-order valence-electron chi connectivity index (χ3n) is 6.27. The molecular formula is C29H49N3O5. The van der Waals surface area contributed by atoms with Gasteiger partial charge in [0.2, 0.25) is 11.8 Å². The first kappa shape index (κ1) is 32.4. The summed E-state index contributed by atoms with van der Waals surface area (Å²) < 4.78 is 5.32. The lowest BCUT2D eigenvalue weighted by molar-refractivity contribution is -0.146. The number of rotatable bonds is 13. The number of alkyl carbamates (subject to hydrolysis) is 1. The Morgan fingerprint density at radius 1 is 1.05 bits per heavy atom. The van der Waals surface area contributed by atoms with Crippen molar-refractivity contribution in [2.75, 3.05) is 13.2 Å². The fourth-order valence-corrected chi connectivity index (χ4v) is 3.99. The minimum absolute atomic E-state index is 0.282. The predicted octanol–water partition coefficient (Wildman–Crippen LogP) is 4.80. The number of unbranched alkanes of at least 4 members (excludes halogenated alkanes) is 1. The number of amides is 3. The molecule has 1 aromatic rings. The van der Waals surface area contributed by atoms with E-state index < -0.39 is 36.3 Å². The van der Waals surface area contributed by atoms with Gasteiger partial charge in [-0.2, -0.15) is 0 Å². The van der Waals surface area contributed by atoms with Crippen molar-refractivity contribution in [3.8, 4) is 0 Å². The lowest BCUT2D eigenvalue weighted by Crippen LogP contribution is -2.56. The maximum Gasteiger partial charge on any atom is 0.408 e. The molecule has 0 heterocycles. The van der Waals surface area contributed by atoms with Crippen LogP contribution in [0.1, 0.15) is 96.9 Å². The third kappa shape index (κ3) is 10.7. The van der Waals surface area contributed by atoms with Gasteiger partial charge in [-0.05, 0) is 83.4 Å². The summed E-state index contributed by atoms with van der Waals surface area (Å²) in [4.78, 5) is 41.6. The van der Waals surface area contributed by atoms with Crippen LogP contribution >= 0.6 is 0 Å². The van der Waals surface area contributed by atoms with Crippen LogP contribution in [0, 0.1) is 19.8 Å². The van der Waals surface area contributed by atoms with Gasteiger partial charge in [0, 0.05) is 12.6 Å². The monoisotopic (exact) mass is 519 g/mol. The highest BCUT2D eigenvalue weighted by Crippen LogP contribution is 2.29. The summed E-state index contributed by atoms with van der Waals surface area (Å²) in [6.07, 6.45) is 2.46.